The maximum Gasteiger partial charge on any atom is 0.136 e. The quantitative estimate of drug-likeness (QED) is 0.817. The minimum Gasteiger partial charge on any atom is -0.495 e. The van der Waals surface area contributed by atoms with Gasteiger partial charge in [-0.05, 0) is 63.1 Å². The number of hydrogen-bond acceptors (Lipinski definition) is 4. The molecule has 1 aliphatic heterocycles. The highest BCUT2D eigenvalue weighted by atomic mass is 16.5. The lowest BCUT2D eigenvalue weighted by Crippen LogP contribution is -2.29. The van der Waals surface area contributed by atoms with Gasteiger partial charge in [0.25, 0.3) is 0 Å². The number of benzene rings is 1. The van der Waals surface area contributed by atoms with Gasteiger partial charge < -0.3 is 10.1 Å². The summed E-state index contributed by atoms with van der Waals surface area (Å²) in [6.07, 6.45) is 2.36. The first-order valence-electron chi connectivity index (χ1n) is 7.70. The van der Waals surface area contributed by atoms with Gasteiger partial charge in [0.15, 0.2) is 0 Å². The zero-order valence-electron chi connectivity index (χ0n) is 13.2. The molecule has 1 aliphatic rings. The first-order chi connectivity index (χ1) is 10.2. The van der Waals surface area contributed by atoms with Gasteiger partial charge in [0.2, 0.25) is 0 Å². The van der Waals surface area contributed by atoms with Crippen molar-refractivity contribution in [2.45, 2.75) is 25.8 Å². The lowest BCUT2D eigenvalue weighted by molar-refractivity contribution is 0.272. The Bertz CT molecular complexity index is 509. The minimum atomic E-state index is 0.382. The molecule has 0 spiro atoms. The molecule has 1 aromatic rings. The monoisotopic (exact) mass is 287 g/mol. The third kappa shape index (κ3) is 3.55. The van der Waals surface area contributed by atoms with E-state index in [2.05, 4.69) is 36.3 Å². The molecule has 0 bridgehead atoms. The van der Waals surface area contributed by atoms with Crippen molar-refractivity contribution in [1.29, 1.82) is 5.26 Å². The molecular weight excluding hydrogens is 262 g/mol. The van der Waals surface area contributed by atoms with Crippen molar-refractivity contribution in [1.82, 2.24) is 10.2 Å². The Balaban J connectivity index is 2.19. The van der Waals surface area contributed by atoms with Gasteiger partial charge in [0.1, 0.15) is 11.8 Å². The largest absolute Gasteiger partial charge is 0.495 e. The molecule has 4 heteroatoms. The fourth-order valence-corrected chi connectivity index (χ4v) is 3.23. The zero-order valence-corrected chi connectivity index (χ0v) is 13.2. The van der Waals surface area contributed by atoms with Crippen molar-refractivity contribution in [3.8, 4) is 11.8 Å². The Labute approximate surface area is 127 Å². The highest BCUT2D eigenvalue weighted by Gasteiger charge is 2.32. The Morgan fingerprint density at radius 2 is 2.29 bits per heavy atom. The van der Waals surface area contributed by atoms with E-state index in [0.717, 1.165) is 26.1 Å². The maximum absolute atomic E-state index is 9.27. The Morgan fingerprint density at radius 3 is 2.95 bits per heavy atom. The molecule has 0 saturated carbocycles. The van der Waals surface area contributed by atoms with Crippen LogP contribution in [0, 0.1) is 17.2 Å². The Hall–Kier alpha value is -1.57. The number of methoxy groups -OCH3 is 1. The lowest BCUT2D eigenvalue weighted by atomic mass is 9.92. The van der Waals surface area contributed by atoms with E-state index in [-0.39, 0.29) is 0 Å². The van der Waals surface area contributed by atoms with E-state index in [1.165, 1.54) is 12.0 Å². The van der Waals surface area contributed by atoms with Gasteiger partial charge in [-0.3, -0.25) is 4.90 Å². The molecule has 2 unspecified atom stereocenters. The number of nitrogens with zero attached hydrogens (tertiary/aromatic N) is 2. The van der Waals surface area contributed by atoms with Crippen molar-refractivity contribution in [3.05, 3.63) is 29.3 Å². The van der Waals surface area contributed by atoms with E-state index >= 15 is 0 Å². The van der Waals surface area contributed by atoms with E-state index < -0.39 is 0 Å². The molecule has 21 heavy (non-hydrogen) atoms. The summed E-state index contributed by atoms with van der Waals surface area (Å²) in [5.74, 6) is 1.25. The number of hydrogen-bond donors (Lipinski definition) is 1. The van der Waals surface area contributed by atoms with Crippen LogP contribution in [0.3, 0.4) is 0 Å². The SMILES string of the molecule is CCCNCC1CCN(C)C1c1ccc(OC)c(C#N)c1. The molecule has 0 radical (unpaired) electrons. The number of nitriles is 1. The molecule has 1 aromatic carbocycles. The predicted molar refractivity (Wildman–Crippen MR) is 84.3 cm³/mol. The predicted octanol–water partition coefficient (Wildman–Crippen LogP) is 2.56. The minimum absolute atomic E-state index is 0.382. The number of ether oxygens (including phenoxy) is 1. The molecule has 1 N–H and O–H groups in total. The van der Waals surface area contributed by atoms with E-state index in [1.807, 2.05) is 12.1 Å². The average molecular weight is 287 g/mol. The second-order valence-electron chi connectivity index (χ2n) is 5.75. The van der Waals surface area contributed by atoms with E-state index in [0.29, 0.717) is 23.3 Å². The summed E-state index contributed by atoms with van der Waals surface area (Å²) >= 11 is 0. The molecule has 2 rings (SSSR count). The van der Waals surface area contributed by atoms with Gasteiger partial charge in [0.05, 0.1) is 12.7 Å². The number of nitrogens with one attached hydrogen (secondary N) is 1. The summed E-state index contributed by atoms with van der Waals surface area (Å²) in [5.41, 5.74) is 1.84. The number of likely N-dealkylation sites (tertiary alicyclic amines) is 1. The van der Waals surface area contributed by atoms with Gasteiger partial charge in [-0.1, -0.05) is 13.0 Å². The van der Waals surface area contributed by atoms with Crippen LogP contribution in [0.4, 0.5) is 0 Å². The van der Waals surface area contributed by atoms with Gasteiger partial charge in [-0.2, -0.15) is 5.26 Å². The fraction of sp³-hybridized carbons (Fsp3) is 0.588. The van der Waals surface area contributed by atoms with E-state index in [9.17, 15) is 5.26 Å². The van der Waals surface area contributed by atoms with Crippen LogP contribution in [0.25, 0.3) is 0 Å². The maximum atomic E-state index is 9.27. The molecule has 114 valence electrons. The molecule has 4 nitrogen and oxygen atoms in total. The summed E-state index contributed by atoms with van der Waals surface area (Å²) in [6, 6.07) is 8.61. The van der Waals surface area contributed by atoms with Crippen LogP contribution in [0.2, 0.25) is 0 Å². The smallest absolute Gasteiger partial charge is 0.136 e. The molecule has 2 atom stereocenters. The van der Waals surface area contributed by atoms with Crippen LogP contribution in [0.15, 0.2) is 18.2 Å². The lowest BCUT2D eigenvalue weighted by Gasteiger charge is -2.26. The first kappa shape index (κ1) is 15.8. The van der Waals surface area contributed by atoms with Crippen LogP contribution >= 0.6 is 0 Å². The van der Waals surface area contributed by atoms with Gasteiger partial charge >= 0.3 is 0 Å². The molecular formula is C17H25N3O. The third-order valence-electron chi connectivity index (χ3n) is 4.29. The highest BCUT2D eigenvalue weighted by molar-refractivity contribution is 5.46. The molecule has 1 fully saturated rings. The Morgan fingerprint density at radius 1 is 1.48 bits per heavy atom. The normalized spacial score (nSPS) is 22.2. The zero-order chi connectivity index (χ0) is 15.2. The summed E-state index contributed by atoms with van der Waals surface area (Å²) in [6.45, 7) is 5.40. The van der Waals surface area contributed by atoms with Crippen LogP contribution in [0.5, 0.6) is 5.75 Å². The second kappa shape index (κ2) is 7.44. The molecule has 0 amide bonds. The summed E-state index contributed by atoms with van der Waals surface area (Å²) in [4.78, 5) is 2.39. The second-order valence-corrected chi connectivity index (χ2v) is 5.75. The highest BCUT2D eigenvalue weighted by Crippen LogP contribution is 2.37. The van der Waals surface area contributed by atoms with E-state index in [4.69, 9.17) is 4.74 Å². The summed E-state index contributed by atoms with van der Waals surface area (Å²) in [7, 11) is 3.77. The fourth-order valence-electron chi connectivity index (χ4n) is 3.23. The van der Waals surface area contributed by atoms with Gasteiger partial charge in [-0.25, -0.2) is 0 Å². The van der Waals surface area contributed by atoms with Crippen molar-refractivity contribution >= 4 is 0 Å². The van der Waals surface area contributed by atoms with Crippen molar-refractivity contribution < 1.29 is 4.74 Å². The van der Waals surface area contributed by atoms with Crippen molar-refractivity contribution in [2.75, 3.05) is 33.8 Å². The molecule has 1 heterocycles. The Kier molecular flexibility index (Phi) is 5.60. The first-order valence-corrected chi connectivity index (χ1v) is 7.70. The van der Waals surface area contributed by atoms with Crippen molar-refractivity contribution in [2.24, 2.45) is 5.92 Å². The summed E-state index contributed by atoms with van der Waals surface area (Å²) in [5, 5.41) is 12.8. The average Bonchev–Trinajstić information content (AvgIpc) is 2.87. The third-order valence-corrected chi connectivity index (χ3v) is 4.29. The standard InChI is InChI=1S/C17H25N3O/c1-4-8-19-12-14-7-9-20(2)17(14)13-5-6-16(21-3)15(10-13)11-18/h5-6,10,14,17,19H,4,7-9,12H2,1-3H3. The van der Waals surface area contributed by atoms with Crippen molar-refractivity contribution in [3.63, 3.8) is 0 Å². The molecule has 1 saturated heterocycles. The molecule has 0 aromatic heterocycles. The summed E-state index contributed by atoms with van der Waals surface area (Å²) < 4.78 is 5.24. The number of rotatable bonds is 6. The molecule has 0 aliphatic carbocycles. The van der Waals surface area contributed by atoms with Crippen LogP contribution in [0.1, 0.15) is 36.9 Å². The van der Waals surface area contributed by atoms with Gasteiger partial charge in [-0.15, -0.1) is 0 Å². The topological polar surface area (TPSA) is 48.3 Å². The van der Waals surface area contributed by atoms with Gasteiger partial charge in [0, 0.05) is 6.04 Å². The van der Waals surface area contributed by atoms with Crippen LogP contribution < -0.4 is 10.1 Å². The van der Waals surface area contributed by atoms with E-state index in [1.54, 1.807) is 7.11 Å². The van der Waals surface area contributed by atoms with Crippen LogP contribution in [-0.2, 0) is 0 Å². The van der Waals surface area contributed by atoms with Crippen LogP contribution in [-0.4, -0.2) is 38.7 Å².